The molecule has 5 aromatic rings. The molecular formula is C28H21N3O. The number of hydrogen-bond acceptors (Lipinski definition) is 2. The van der Waals surface area contributed by atoms with Crippen LogP contribution in [0.25, 0.3) is 22.5 Å². The Morgan fingerprint density at radius 3 is 1.53 bits per heavy atom. The highest BCUT2D eigenvalue weighted by Gasteiger charge is 2.24. The van der Waals surface area contributed by atoms with Crippen LogP contribution in [0.5, 0.6) is 0 Å². The second kappa shape index (κ2) is 8.74. The van der Waals surface area contributed by atoms with Crippen molar-refractivity contribution in [2.75, 3.05) is 4.90 Å². The Balaban J connectivity index is 1.68. The van der Waals surface area contributed by atoms with Gasteiger partial charge in [-0.1, -0.05) is 97.1 Å². The van der Waals surface area contributed by atoms with Gasteiger partial charge in [-0.25, -0.2) is 4.79 Å². The van der Waals surface area contributed by atoms with Gasteiger partial charge in [0.2, 0.25) is 0 Å². The Morgan fingerprint density at radius 1 is 0.594 bits per heavy atom. The van der Waals surface area contributed by atoms with Crippen LogP contribution in [0, 0.1) is 0 Å². The van der Waals surface area contributed by atoms with Crippen molar-refractivity contribution < 1.29 is 4.79 Å². The first-order chi connectivity index (χ1) is 15.8. The van der Waals surface area contributed by atoms with E-state index >= 15 is 0 Å². The molecule has 0 fully saturated rings. The van der Waals surface area contributed by atoms with Crippen LogP contribution in [0.3, 0.4) is 0 Å². The van der Waals surface area contributed by atoms with Crippen molar-refractivity contribution in [2.45, 2.75) is 0 Å². The fourth-order valence-electron chi connectivity index (χ4n) is 3.71. The average molecular weight is 415 g/mol. The number of benzene rings is 4. The molecule has 5 rings (SSSR count). The Labute approximate surface area is 187 Å². The van der Waals surface area contributed by atoms with Crippen molar-refractivity contribution in [3.63, 3.8) is 0 Å². The normalized spacial score (nSPS) is 10.6. The highest BCUT2D eigenvalue weighted by atomic mass is 16.2. The third-order valence-corrected chi connectivity index (χ3v) is 5.25. The van der Waals surface area contributed by atoms with E-state index in [-0.39, 0.29) is 6.03 Å². The molecule has 0 N–H and O–H groups in total. The van der Waals surface area contributed by atoms with Gasteiger partial charge in [-0.2, -0.15) is 9.78 Å². The lowest BCUT2D eigenvalue weighted by Crippen LogP contribution is -2.31. The number of amides is 1. The first-order valence-electron chi connectivity index (χ1n) is 10.5. The fourth-order valence-corrected chi connectivity index (χ4v) is 3.71. The Morgan fingerprint density at radius 2 is 1.03 bits per heavy atom. The second-order valence-electron chi connectivity index (χ2n) is 7.35. The minimum atomic E-state index is -0.247. The summed E-state index contributed by atoms with van der Waals surface area (Å²) in [7, 11) is 0. The summed E-state index contributed by atoms with van der Waals surface area (Å²) < 4.78 is 1.50. The summed E-state index contributed by atoms with van der Waals surface area (Å²) in [5.74, 6) is 0. The van der Waals surface area contributed by atoms with E-state index in [0.29, 0.717) is 0 Å². The number of carbonyl (C=O) groups is 1. The van der Waals surface area contributed by atoms with Gasteiger partial charge in [-0.05, 0) is 30.3 Å². The number of anilines is 2. The molecule has 154 valence electrons. The maximum absolute atomic E-state index is 14.0. The lowest BCUT2D eigenvalue weighted by atomic mass is 10.1. The van der Waals surface area contributed by atoms with Gasteiger partial charge in [-0.15, -0.1) is 0 Å². The summed E-state index contributed by atoms with van der Waals surface area (Å²) in [5.41, 5.74) is 4.93. The third kappa shape index (κ3) is 3.82. The highest BCUT2D eigenvalue weighted by molar-refractivity contribution is 6.02. The first-order valence-corrected chi connectivity index (χ1v) is 10.5. The Kier molecular flexibility index (Phi) is 5.33. The van der Waals surface area contributed by atoms with Crippen LogP contribution in [0.1, 0.15) is 0 Å². The average Bonchev–Trinajstić information content (AvgIpc) is 3.32. The number of rotatable bonds is 4. The lowest BCUT2D eigenvalue weighted by molar-refractivity contribution is 0.247. The Hall–Kier alpha value is -4.44. The second-order valence-corrected chi connectivity index (χ2v) is 7.35. The third-order valence-electron chi connectivity index (χ3n) is 5.25. The summed E-state index contributed by atoms with van der Waals surface area (Å²) in [6, 6.07) is 40.8. The molecule has 0 saturated carbocycles. The zero-order valence-electron chi connectivity index (χ0n) is 17.4. The molecule has 32 heavy (non-hydrogen) atoms. The largest absolute Gasteiger partial charge is 0.354 e. The number of nitrogens with zero attached hydrogens (tertiary/aromatic N) is 3. The fraction of sp³-hybridized carbons (Fsp3) is 0. The molecule has 4 heteroatoms. The number of carbonyl (C=O) groups excluding carboxylic acids is 1. The number of hydrogen-bond donors (Lipinski definition) is 0. The standard InChI is InChI=1S/C28H21N3O/c32-28(30(24-17-9-3-10-18-24)25-19-11-4-12-20-25)31-27(23-15-7-2-8-16-23)21-26(29-31)22-13-5-1-6-14-22/h1-21H. The van der Waals surface area contributed by atoms with Crippen LogP contribution in [0.15, 0.2) is 127 Å². The lowest BCUT2D eigenvalue weighted by Gasteiger charge is -2.23. The van der Waals surface area contributed by atoms with Gasteiger partial charge >= 0.3 is 6.03 Å². The van der Waals surface area contributed by atoms with Crippen LogP contribution >= 0.6 is 0 Å². The summed E-state index contributed by atoms with van der Waals surface area (Å²) >= 11 is 0. The zero-order chi connectivity index (χ0) is 21.8. The molecule has 0 saturated heterocycles. The van der Waals surface area contributed by atoms with E-state index < -0.39 is 0 Å². The van der Waals surface area contributed by atoms with Crippen LogP contribution in [-0.2, 0) is 0 Å². The molecule has 4 nitrogen and oxygen atoms in total. The maximum Gasteiger partial charge on any atom is 0.354 e. The maximum atomic E-state index is 14.0. The van der Waals surface area contributed by atoms with Gasteiger partial charge in [-0.3, -0.25) is 4.90 Å². The van der Waals surface area contributed by atoms with Crippen LogP contribution in [0.2, 0.25) is 0 Å². The molecule has 0 bridgehead atoms. The molecule has 0 aliphatic carbocycles. The van der Waals surface area contributed by atoms with Crippen molar-refractivity contribution in [1.29, 1.82) is 0 Å². The molecule has 0 spiro atoms. The SMILES string of the molecule is O=C(N(c1ccccc1)c1ccccc1)n1nc(-c2ccccc2)cc1-c1ccccc1. The van der Waals surface area contributed by atoms with Crippen LogP contribution in [0.4, 0.5) is 16.2 Å². The quantitative estimate of drug-likeness (QED) is 0.316. The minimum Gasteiger partial charge on any atom is -0.261 e. The molecule has 1 heterocycles. The minimum absolute atomic E-state index is 0.247. The van der Waals surface area contributed by atoms with Crippen molar-refractivity contribution in [3.05, 3.63) is 127 Å². The Bertz CT molecular complexity index is 1280. The van der Waals surface area contributed by atoms with Crippen molar-refractivity contribution in [1.82, 2.24) is 9.78 Å². The van der Waals surface area contributed by atoms with E-state index in [2.05, 4.69) is 0 Å². The monoisotopic (exact) mass is 415 g/mol. The van der Waals surface area contributed by atoms with E-state index in [1.165, 1.54) is 4.68 Å². The number of para-hydroxylation sites is 2. The number of aromatic nitrogens is 2. The van der Waals surface area contributed by atoms with Gasteiger partial charge in [0.25, 0.3) is 0 Å². The van der Waals surface area contributed by atoms with Gasteiger partial charge in [0.1, 0.15) is 0 Å². The summed E-state index contributed by atoms with van der Waals surface area (Å²) in [5, 5.41) is 4.75. The van der Waals surface area contributed by atoms with E-state index in [1.807, 2.05) is 127 Å². The van der Waals surface area contributed by atoms with E-state index in [0.717, 1.165) is 33.9 Å². The van der Waals surface area contributed by atoms with Crippen molar-refractivity contribution in [3.8, 4) is 22.5 Å². The first kappa shape index (κ1) is 19.5. The molecule has 4 aromatic carbocycles. The van der Waals surface area contributed by atoms with Gasteiger partial charge in [0.05, 0.1) is 22.8 Å². The predicted molar refractivity (Wildman–Crippen MR) is 129 cm³/mol. The van der Waals surface area contributed by atoms with Crippen LogP contribution < -0.4 is 4.90 Å². The summed E-state index contributed by atoms with van der Waals surface area (Å²) in [6.07, 6.45) is 0. The predicted octanol–water partition coefficient (Wildman–Crippen LogP) is 7.02. The smallest absolute Gasteiger partial charge is 0.261 e. The molecule has 0 atom stereocenters. The van der Waals surface area contributed by atoms with Crippen LogP contribution in [-0.4, -0.2) is 15.8 Å². The summed E-state index contributed by atoms with van der Waals surface area (Å²) in [4.78, 5) is 15.7. The van der Waals surface area contributed by atoms with Gasteiger partial charge in [0, 0.05) is 11.1 Å². The molecule has 1 aromatic heterocycles. The van der Waals surface area contributed by atoms with E-state index in [9.17, 15) is 4.79 Å². The molecule has 0 radical (unpaired) electrons. The van der Waals surface area contributed by atoms with Crippen molar-refractivity contribution >= 4 is 17.4 Å². The molecule has 0 unspecified atom stereocenters. The summed E-state index contributed by atoms with van der Waals surface area (Å²) in [6.45, 7) is 0. The van der Waals surface area contributed by atoms with E-state index in [4.69, 9.17) is 5.10 Å². The van der Waals surface area contributed by atoms with Crippen molar-refractivity contribution in [2.24, 2.45) is 0 Å². The molecular weight excluding hydrogens is 394 g/mol. The van der Waals surface area contributed by atoms with E-state index in [1.54, 1.807) is 4.90 Å². The molecule has 0 aliphatic heterocycles. The molecule has 1 amide bonds. The topological polar surface area (TPSA) is 38.1 Å². The van der Waals surface area contributed by atoms with Gasteiger partial charge < -0.3 is 0 Å². The molecule has 0 aliphatic rings. The highest BCUT2D eigenvalue weighted by Crippen LogP contribution is 2.30. The van der Waals surface area contributed by atoms with Gasteiger partial charge in [0.15, 0.2) is 0 Å². The zero-order valence-corrected chi connectivity index (χ0v) is 17.4.